The van der Waals surface area contributed by atoms with Crippen molar-refractivity contribution in [3.63, 3.8) is 0 Å². The topological polar surface area (TPSA) is 60.2 Å². The number of aromatic nitrogens is 1. The summed E-state index contributed by atoms with van der Waals surface area (Å²) in [5.74, 6) is -1.91. The Hall–Kier alpha value is -2.54. The molecule has 0 saturated carbocycles. The Morgan fingerprint density at radius 2 is 1.42 bits per heavy atom. The van der Waals surface area contributed by atoms with Crippen LogP contribution in [-0.4, -0.2) is 19.8 Å². The Morgan fingerprint density at radius 1 is 0.885 bits per heavy atom. The fourth-order valence-corrected chi connectivity index (χ4v) is 3.91. The summed E-state index contributed by atoms with van der Waals surface area (Å²) in [6.45, 7) is 5.50. The van der Waals surface area contributed by atoms with Crippen molar-refractivity contribution in [2.24, 2.45) is 0 Å². The van der Waals surface area contributed by atoms with Crippen LogP contribution < -0.4 is 0 Å². The molecule has 7 heteroatoms. The molecular formula is C19H17F2NO3S. The SMILES string of the molecule is Cc1cc(C)cc(-c2noc(C)c2-c2cc(F)c(S(C)(=O)=O)c(F)c2)c1. The first-order valence-electron chi connectivity index (χ1n) is 7.82. The molecule has 0 aliphatic rings. The van der Waals surface area contributed by atoms with Gasteiger partial charge >= 0.3 is 0 Å². The highest BCUT2D eigenvalue weighted by molar-refractivity contribution is 7.90. The first kappa shape index (κ1) is 18.3. The maximum absolute atomic E-state index is 14.3. The molecule has 0 spiro atoms. The van der Waals surface area contributed by atoms with Crippen molar-refractivity contribution in [3.05, 3.63) is 58.9 Å². The monoisotopic (exact) mass is 377 g/mol. The second-order valence-corrected chi connectivity index (χ2v) is 8.33. The van der Waals surface area contributed by atoms with Crippen LogP contribution in [0, 0.1) is 32.4 Å². The highest BCUT2D eigenvalue weighted by Gasteiger charge is 2.24. The predicted octanol–water partition coefficient (Wildman–Crippen LogP) is 4.62. The van der Waals surface area contributed by atoms with Crippen molar-refractivity contribution in [2.75, 3.05) is 6.26 Å². The molecule has 0 radical (unpaired) electrons. The molecule has 0 aliphatic carbocycles. The standard InChI is InChI=1S/C19H17F2NO3S/c1-10-5-11(2)7-14(6-10)18-17(12(3)25-22-18)13-8-15(20)19(16(21)9-13)26(4,23)24/h5-9H,1-4H3. The maximum Gasteiger partial charge on any atom is 0.181 e. The van der Waals surface area contributed by atoms with Crippen LogP contribution in [0.2, 0.25) is 0 Å². The average molecular weight is 377 g/mol. The molecule has 3 aromatic rings. The molecule has 26 heavy (non-hydrogen) atoms. The molecule has 0 saturated heterocycles. The third-order valence-corrected chi connectivity index (χ3v) is 5.15. The number of hydrogen-bond acceptors (Lipinski definition) is 4. The zero-order chi connectivity index (χ0) is 19.2. The van der Waals surface area contributed by atoms with E-state index in [0.717, 1.165) is 35.1 Å². The molecule has 0 atom stereocenters. The van der Waals surface area contributed by atoms with Gasteiger partial charge in [-0.2, -0.15) is 0 Å². The lowest BCUT2D eigenvalue weighted by Crippen LogP contribution is -2.05. The highest BCUT2D eigenvalue weighted by Crippen LogP contribution is 2.37. The van der Waals surface area contributed by atoms with Gasteiger partial charge < -0.3 is 4.52 Å². The Morgan fingerprint density at radius 3 is 1.92 bits per heavy atom. The summed E-state index contributed by atoms with van der Waals surface area (Å²) in [4.78, 5) is -0.941. The average Bonchev–Trinajstić information content (AvgIpc) is 2.85. The Bertz CT molecular complexity index is 1070. The smallest absolute Gasteiger partial charge is 0.181 e. The van der Waals surface area contributed by atoms with E-state index in [2.05, 4.69) is 5.16 Å². The summed E-state index contributed by atoms with van der Waals surface area (Å²) in [6, 6.07) is 7.77. The number of sulfone groups is 1. The van der Waals surface area contributed by atoms with Crippen LogP contribution in [-0.2, 0) is 9.84 Å². The van der Waals surface area contributed by atoms with Crippen molar-refractivity contribution in [2.45, 2.75) is 25.7 Å². The molecule has 0 aliphatic heterocycles. The van der Waals surface area contributed by atoms with Gasteiger partial charge in [-0.05, 0) is 50.6 Å². The molecule has 0 amide bonds. The Labute approximate surface area is 150 Å². The van der Waals surface area contributed by atoms with Crippen LogP contribution in [0.25, 0.3) is 22.4 Å². The first-order valence-corrected chi connectivity index (χ1v) is 9.71. The van der Waals surface area contributed by atoms with Gasteiger partial charge in [0, 0.05) is 11.8 Å². The first-order chi connectivity index (χ1) is 12.1. The fourth-order valence-electron chi connectivity index (χ4n) is 3.08. The van der Waals surface area contributed by atoms with Gasteiger partial charge in [-0.1, -0.05) is 22.3 Å². The number of aryl methyl sites for hydroxylation is 3. The lowest BCUT2D eigenvalue weighted by atomic mass is 9.97. The van der Waals surface area contributed by atoms with E-state index in [-0.39, 0.29) is 5.56 Å². The van der Waals surface area contributed by atoms with Crippen molar-refractivity contribution in [3.8, 4) is 22.4 Å². The number of hydrogen-bond donors (Lipinski definition) is 0. The molecule has 0 N–H and O–H groups in total. The molecule has 0 fully saturated rings. The second-order valence-electron chi connectivity index (χ2n) is 6.38. The zero-order valence-electron chi connectivity index (χ0n) is 14.7. The largest absolute Gasteiger partial charge is 0.360 e. The molecule has 1 heterocycles. The minimum Gasteiger partial charge on any atom is -0.360 e. The van der Waals surface area contributed by atoms with Gasteiger partial charge in [0.2, 0.25) is 0 Å². The van der Waals surface area contributed by atoms with Crippen LogP contribution in [0.3, 0.4) is 0 Å². The van der Waals surface area contributed by atoms with Crippen LogP contribution >= 0.6 is 0 Å². The number of halogens is 2. The molecule has 4 nitrogen and oxygen atoms in total. The van der Waals surface area contributed by atoms with E-state index in [1.165, 1.54) is 0 Å². The van der Waals surface area contributed by atoms with Crippen molar-refractivity contribution in [1.82, 2.24) is 5.16 Å². The van der Waals surface area contributed by atoms with Crippen molar-refractivity contribution < 1.29 is 21.7 Å². The molecular weight excluding hydrogens is 360 g/mol. The number of nitrogens with zero attached hydrogens (tertiary/aromatic N) is 1. The summed E-state index contributed by atoms with van der Waals surface area (Å²) < 4.78 is 57.1. The van der Waals surface area contributed by atoms with E-state index in [4.69, 9.17) is 4.52 Å². The Kier molecular flexibility index (Phi) is 4.44. The lowest BCUT2D eigenvalue weighted by Gasteiger charge is -2.08. The maximum atomic E-state index is 14.3. The summed E-state index contributed by atoms with van der Waals surface area (Å²) in [5.41, 5.74) is 3.81. The van der Waals surface area contributed by atoms with Crippen LogP contribution in [0.4, 0.5) is 8.78 Å². The normalized spacial score (nSPS) is 11.8. The molecule has 136 valence electrons. The van der Waals surface area contributed by atoms with Gasteiger partial charge in [-0.25, -0.2) is 17.2 Å². The summed E-state index contributed by atoms with van der Waals surface area (Å²) in [6.07, 6.45) is 0.764. The van der Waals surface area contributed by atoms with E-state index < -0.39 is 26.4 Å². The summed E-state index contributed by atoms with van der Waals surface area (Å²) >= 11 is 0. The molecule has 0 bridgehead atoms. The molecule has 0 unspecified atom stereocenters. The fraction of sp³-hybridized carbons (Fsp3) is 0.211. The Balaban J connectivity index is 2.25. The van der Waals surface area contributed by atoms with E-state index in [0.29, 0.717) is 17.0 Å². The minimum absolute atomic E-state index is 0.167. The van der Waals surface area contributed by atoms with Gasteiger partial charge in [0.05, 0.1) is 5.56 Å². The van der Waals surface area contributed by atoms with Gasteiger partial charge in [0.25, 0.3) is 0 Å². The van der Waals surface area contributed by atoms with E-state index in [1.54, 1.807) is 6.92 Å². The third kappa shape index (κ3) is 3.26. The summed E-state index contributed by atoms with van der Waals surface area (Å²) in [5, 5.41) is 4.04. The molecule has 1 aromatic heterocycles. The zero-order valence-corrected chi connectivity index (χ0v) is 15.5. The highest BCUT2D eigenvalue weighted by atomic mass is 32.2. The third-order valence-electron chi connectivity index (χ3n) is 4.02. The van der Waals surface area contributed by atoms with Crippen LogP contribution in [0.1, 0.15) is 16.9 Å². The quantitative estimate of drug-likeness (QED) is 0.668. The van der Waals surface area contributed by atoms with Crippen molar-refractivity contribution >= 4 is 9.84 Å². The summed E-state index contributed by atoms with van der Waals surface area (Å²) in [7, 11) is -4.02. The number of rotatable bonds is 3. The molecule has 2 aromatic carbocycles. The van der Waals surface area contributed by atoms with Gasteiger partial charge in [-0.3, -0.25) is 0 Å². The van der Waals surface area contributed by atoms with Gasteiger partial charge in [0.15, 0.2) is 9.84 Å². The van der Waals surface area contributed by atoms with Gasteiger partial charge in [-0.15, -0.1) is 0 Å². The van der Waals surface area contributed by atoms with Crippen LogP contribution in [0.15, 0.2) is 39.8 Å². The predicted molar refractivity (Wildman–Crippen MR) is 94.6 cm³/mol. The second kappa shape index (κ2) is 6.32. The minimum atomic E-state index is -4.02. The van der Waals surface area contributed by atoms with Crippen molar-refractivity contribution in [1.29, 1.82) is 0 Å². The molecule has 3 rings (SSSR count). The van der Waals surface area contributed by atoms with E-state index in [1.807, 2.05) is 32.0 Å². The van der Waals surface area contributed by atoms with E-state index >= 15 is 0 Å². The van der Waals surface area contributed by atoms with Crippen LogP contribution in [0.5, 0.6) is 0 Å². The van der Waals surface area contributed by atoms with Gasteiger partial charge in [0.1, 0.15) is 28.0 Å². The van der Waals surface area contributed by atoms with E-state index in [9.17, 15) is 17.2 Å². The lowest BCUT2D eigenvalue weighted by molar-refractivity contribution is 0.400. The number of benzene rings is 2.